The van der Waals surface area contributed by atoms with E-state index in [1.165, 1.54) is 19.3 Å². The number of rotatable bonds is 4. The molecule has 112 valence electrons. The summed E-state index contributed by atoms with van der Waals surface area (Å²) in [6.45, 7) is 2.75. The molecule has 2 aromatic rings. The predicted octanol–water partition coefficient (Wildman–Crippen LogP) is 3.19. The molecule has 21 heavy (non-hydrogen) atoms. The second-order valence-electron chi connectivity index (χ2n) is 6.33. The lowest BCUT2D eigenvalue weighted by atomic mass is 9.75. The number of fused-ring (bicyclic) bond motifs is 1. The van der Waals surface area contributed by atoms with E-state index in [0.29, 0.717) is 6.54 Å². The minimum atomic E-state index is -0.161. The monoisotopic (exact) mass is 285 g/mol. The van der Waals surface area contributed by atoms with Crippen LogP contribution >= 0.6 is 0 Å². The Morgan fingerprint density at radius 2 is 2.05 bits per heavy atom. The smallest absolute Gasteiger partial charge is 0.225 e. The third-order valence-corrected chi connectivity index (χ3v) is 4.59. The van der Waals surface area contributed by atoms with Crippen molar-refractivity contribution in [3.8, 4) is 0 Å². The molecular weight excluding hydrogens is 262 g/mol. The summed E-state index contributed by atoms with van der Waals surface area (Å²) in [5.41, 5.74) is 1.88. The van der Waals surface area contributed by atoms with Gasteiger partial charge in [-0.1, -0.05) is 38.3 Å². The second-order valence-corrected chi connectivity index (χ2v) is 6.33. The van der Waals surface area contributed by atoms with E-state index in [0.717, 1.165) is 36.1 Å². The molecule has 0 atom stereocenters. The Kier molecular flexibility index (Phi) is 3.95. The maximum Gasteiger partial charge on any atom is 0.225 e. The molecule has 0 unspecified atom stereocenters. The van der Waals surface area contributed by atoms with Crippen LogP contribution in [0.4, 0.5) is 0 Å². The molecule has 1 aliphatic rings. The number of nitrogens with zero attached hydrogens (tertiary/aromatic N) is 1. The van der Waals surface area contributed by atoms with Crippen LogP contribution in [0, 0.1) is 5.41 Å². The fraction of sp³-hybridized carbons (Fsp3) is 0.529. The highest BCUT2D eigenvalue weighted by Gasteiger charge is 2.34. The number of hydrogen-bond donors (Lipinski definition) is 2. The number of imidazole rings is 1. The number of nitrogens with one attached hydrogen (secondary N) is 2. The van der Waals surface area contributed by atoms with Crippen molar-refractivity contribution in [1.29, 1.82) is 0 Å². The van der Waals surface area contributed by atoms with Crippen LogP contribution in [0.15, 0.2) is 24.3 Å². The fourth-order valence-corrected chi connectivity index (χ4v) is 3.19. The van der Waals surface area contributed by atoms with Crippen LogP contribution in [0.5, 0.6) is 0 Å². The van der Waals surface area contributed by atoms with Crippen LogP contribution < -0.4 is 5.32 Å². The highest BCUT2D eigenvalue weighted by molar-refractivity contribution is 5.82. The molecule has 0 bridgehead atoms. The molecule has 0 saturated heterocycles. The standard InChI is InChI=1S/C17H23N3O/c1-17(10-5-2-6-11-17)16(21)18-12-9-15-19-13-7-3-4-8-14(13)20-15/h3-4,7-8H,2,5-6,9-12H2,1H3,(H,18,21)(H,19,20). The Bertz CT molecular complexity index is 593. The summed E-state index contributed by atoms with van der Waals surface area (Å²) in [6.07, 6.45) is 6.40. The lowest BCUT2D eigenvalue weighted by molar-refractivity contribution is -0.131. The summed E-state index contributed by atoms with van der Waals surface area (Å²) in [7, 11) is 0. The van der Waals surface area contributed by atoms with E-state index in [4.69, 9.17) is 0 Å². The van der Waals surface area contributed by atoms with Gasteiger partial charge < -0.3 is 10.3 Å². The van der Waals surface area contributed by atoms with Gasteiger partial charge in [0.1, 0.15) is 5.82 Å². The third kappa shape index (κ3) is 3.09. The van der Waals surface area contributed by atoms with E-state index >= 15 is 0 Å². The third-order valence-electron chi connectivity index (χ3n) is 4.59. The van der Waals surface area contributed by atoms with Gasteiger partial charge in [0.25, 0.3) is 0 Å². The lowest BCUT2D eigenvalue weighted by Crippen LogP contribution is -2.41. The summed E-state index contributed by atoms with van der Waals surface area (Å²) in [5.74, 6) is 1.14. The number of aromatic amines is 1. The Morgan fingerprint density at radius 3 is 2.81 bits per heavy atom. The number of para-hydroxylation sites is 2. The zero-order valence-corrected chi connectivity index (χ0v) is 12.6. The van der Waals surface area contributed by atoms with Crippen molar-refractivity contribution < 1.29 is 4.79 Å². The van der Waals surface area contributed by atoms with Gasteiger partial charge in [-0.3, -0.25) is 4.79 Å². The van der Waals surface area contributed by atoms with Gasteiger partial charge in [0.2, 0.25) is 5.91 Å². The Hall–Kier alpha value is -1.84. The van der Waals surface area contributed by atoms with E-state index in [1.54, 1.807) is 0 Å². The molecule has 1 amide bonds. The first-order chi connectivity index (χ1) is 10.2. The van der Waals surface area contributed by atoms with Crippen molar-refractivity contribution in [3.63, 3.8) is 0 Å². The molecule has 2 N–H and O–H groups in total. The Labute approximate surface area is 125 Å². The van der Waals surface area contributed by atoms with Crippen LogP contribution in [-0.4, -0.2) is 22.4 Å². The van der Waals surface area contributed by atoms with E-state index in [2.05, 4.69) is 22.2 Å². The predicted molar refractivity (Wildman–Crippen MR) is 84.0 cm³/mol. The first-order valence-corrected chi connectivity index (χ1v) is 7.89. The summed E-state index contributed by atoms with van der Waals surface area (Å²) in [6, 6.07) is 8.00. The molecule has 1 fully saturated rings. The number of hydrogen-bond acceptors (Lipinski definition) is 2. The number of amides is 1. The molecule has 1 aliphatic carbocycles. The summed E-state index contributed by atoms with van der Waals surface area (Å²) >= 11 is 0. The minimum Gasteiger partial charge on any atom is -0.355 e. The van der Waals surface area contributed by atoms with Gasteiger partial charge in [0, 0.05) is 18.4 Å². The Morgan fingerprint density at radius 1 is 1.29 bits per heavy atom. The van der Waals surface area contributed by atoms with Crippen LogP contribution in [-0.2, 0) is 11.2 Å². The topological polar surface area (TPSA) is 57.8 Å². The molecule has 0 radical (unpaired) electrons. The van der Waals surface area contributed by atoms with Gasteiger partial charge in [0.15, 0.2) is 0 Å². The van der Waals surface area contributed by atoms with E-state index in [-0.39, 0.29) is 11.3 Å². The minimum absolute atomic E-state index is 0.161. The molecular formula is C17H23N3O. The molecule has 3 rings (SSSR count). The second kappa shape index (κ2) is 5.88. The summed E-state index contributed by atoms with van der Waals surface area (Å²) in [4.78, 5) is 20.2. The molecule has 1 aromatic heterocycles. The van der Waals surface area contributed by atoms with E-state index < -0.39 is 0 Å². The average molecular weight is 285 g/mol. The SMILES string of the molecule is CC1(C(=O)NCCc2nc3ccccc3[nH]2)CCCCC1. The molecule has 4 nitrogen and oxygen atoms in total. The normalized spacial score (nSPS) is 17.8. The van der Waals surface area contributed by atoms with Crippen molar-refractivity contribution in [2.75, 3.05) is 6.54 Å². The van der Waals surface area contributed by atoms with Gasteiger partial charge in [-0.25, -0.2) is 4.98 Å². The first-order valence-electron chi connectivity index (χ1n) is 7.89. The molecule has 1 saturated carbocycles. The van der Waals surface area contributed by atoms with E-state index in [9.17, 15) is 4.79 Å². The largest absolute Gasteiger partial charge is 0.355 e. The van der Waals surface area contributed by atoms with Gasteiger partial charge in [-0.05, 0) is 25.0 Å². The quantitative estimate of drug-likeness (QED) is 0.906. The number of carbonyl (C=O) groups excluding carboxylic acids is 1. The van der Waals surface area contributed by atoms with E-state index in [1.807, 2.05) is 24.3 Å². The van der Waals surface area contributed by atoms with Gasteiger partial charge in [-0.15, -0.1) is 0 Å². The zero-order chi connectivity index (χ0) is 14.7. The molecule has 0 aliphatic heterocycles. The maximum absolute atomic E-state index is 12.3. The fourth-order valence-electron chi connectivity index (χ4n) is 3.19. The first kappa shape index (κ1) is 14.1. The number of H-pyrrole nitrogens is 1. The molecule has 0 spiro atoms. The average Bonchev–Trinajstić information content (AvgIpc) is 2.90. The number of carbonyl (C=O) groups is 1. The van der Waals surface area contributed by atoms with Gasteiger partial charge >= 0.3 is 0 Å². The zero-order valence-electron chi connectivity index (χ0n) is 12.6. The van der Waals surface area contributed by atoms with Crippen molar-refractivity contribution in [2.24, 2.45) is 5.41 Å². The molecule has 4 heteroatoms. The van der Waals surface area contributed by atoms with Crippen molar-refractivity contribution in [2.45, 2.75) is 45.4 Å². The molecule has 1 heterocycles. The summed E-state index contributed by atoms with van der Waals surface area (Å²) in [5, 5.41) is 3.09. The van der Waals surface area contributed by atoms with Crippen molar-refractivity contribution >= 4 is 16.9 Å². The van der Waals surface area contributed by atoms with Crippen LogP contribution in [0.2, 0.25) is 0 Å². The van der Waals surface area contributed by atoms with Crippen molar-refractivity contribution in [3.05, 3.63) is 30.1 Å². The number of aromatic nitrogens is 2. The highest BCUT2D eigenvalue weighted by atomic mass is 16.2. The Balaban J connectivity index is 1.54. The van der Waals surface area contributed by atoms with Crippen molar-refractivity contribution in [1.82, 2.24) is 15.3 Å². The molecule has 1 aromatic carbocycles. The highest BCUT2D eigenvalue weighted by Crippen LogP contribution is 2.35. The van der Waals surface area contributed by atoms with Gasteiger partial charge in [-0.2, -0.15) is 0 Å². The van der Waals surface area contributed by atoms with Crippen LogP contribution in [0.25, 0.3) is 11.0 Å². The van der Waals surface area contributed by atoms with Crippen LogP contribution in [0.3, 0.4) is 0 Å². The van der Waals surface area contributed by atoms with Crippen LogP contribution in [0.1, 0.15) is 44.9 Å². The maximum atomic E-state index is 12.3. The van der Waals surface area contributed by atoms with Gasteiger partial charge in [0.05, 0.1) is 11.0 Å². The summed E-state index contributed by atoms with van der Waals surface area (Å²) < 4.78 is 0. The number of benzene rings is 1. The lowest BCUT2D eigenvalue weighted by Gasteiger charge is -2.31.